The predicted molar refractivity (Wildman–Crippen MR) is 79.5 cm³/mol. The summed E-state index contributed by atoms with van der Waals surface area (Å²) in [7, 11) is 1.25. The van der Waals surface area contributed by atoms with Crippen LogP contribution in [0.5, 0.6) is 0 Å². The fourth-order valence-electron chi connectivity index (χ4n) is 1.79. The maximum absolute atomic E-state index is 11.9. The number of methoxy groups -OCH3 is 1. The monoisotopic (exact) mass is 322 g/mol. The second kappa shape index (κ2) is 7.04. The van der Waals surface area contributed by atoms with Crippen LogP contribution in [0.25, 0.3) is 0 Å². The summed E-state index contributed by atoms with van der Waals surface area (Å²) in [6.45, 7) is 1.92. The van der Waals surface area contributed by atoms with Crippen molar-refractivity contribution in [3.05, 3.63) is 46.7 Å². The van der Waals surface area contributed by atoms with E-state index in [-0.39, 0.29) is 5.69 Å². The minimum absolute atomic E-state index is 0.114. The van der Waals surface area contributed by atoms with Gasteiger partial charge in [0.05, 0.1) is 19.9 Å². The van der Waals surface area contributed by atoms with E-state index in [1.54, 1.807) is 6.07 Å². The number of esters is 1. The van der Waals surface area contributed by atoms with Gasteiger partial charge in [0.25, 0.3) is 5.91 Å². The second-order valence-corrected chi connectivity index (χ2v) is 5.02. The van der Waals surface area contributed by atoms with Gasteiger partial charge in [-0.3, -0.25) is 4.79 Å². The number of rotatable bonds is 5. The zero-order valence-corrected chi connectivity index (χ0v) is 12.9. The SMILES string of the molecule is COC(=O)[C@@H](C)NC(=O)c1cn(Cc2ccccc2Cl)nn1. The molecule has 0 saturated carbocycles. The van der Waals surface area contributed by atoms with Crippen LogP contribution in [-0.2, 0) is 16.1 Å². The van der Waals surface area contributed by atoms with Gasteiger partial charge in [0.2, 0.25) is 0 Å². The van der Waals surface area contributed by atoms with E-state index in [2.05, 4.69) is 20.4 Å². The highest BCUT2D eigenvalue weighted by Gasteiger charge is 2.19. The average molecular weight is 323 g/mol. The van der Waals surface area contributed by atoms with Crippen molar-refractivity contribution in [2.75, 3.05) is 7.11 Å². The van der Waals surface area contributed by atoms with E-state index < -0.39 is 17.9 Å². The number of benzene rings is 1. The molecule has 7 nitrogen and oxygen atoms in total. The van der Waals surface area contributed by atoms with Gasteiger partial charge in [-0.2, -0.15) is 0 Å². The van der Waals surface area contributed by atoms with E-state index in [4.69, 9.17) is 11.6 Å². The molecule has 0 unspecified atom stereocenters. The Morgan fingerprint density at radius 2 is 2.14 bits per heavy atom. The maximum Gasteiger partial charge on any atom is 0.328 e. The summed E-state index contributed by atoms with van der Waals surface area (Å²) in [6, 6.07) is 6.58. The number of nitrogens with zero attached hydrogens (tertiary/aromatic N) is 3. The Morgan fingerprint density at radius 1 is 1.41 bits per heavy atom. The van der Waals surface area contributed by atoms with Gasteiger partial charge in [-0.25, -0.2) is 9.48 Å². The molecular formula is C14H15ClN4O3. The molecule has 0 aliphatic rings. The molecule has 1 N–H and O–H groups in total. The molecule has 8 heteroatoms. The quantitative estimate of drug-likeness (QED) is 0.838. The molecule has 0 aliphatic heterocycles. The number of hydrogen-bond acceptors (Lipinski definition) is 5. The normalized spacial score (nSPS) is 11.8. The lowest BCUT2D eigenvalue weighted by molar-refractivity contribution is -0.142. The van der Waals surface area contributed by atoms with Crippen LogP contribution in [0.15, 0.2) is 30.5 Å². The molecule has 1 atom stereocenters. The fourth-order valence-corrected chi connectivity index (χ4v) is 1.98. The first-order valence-corrected chi connectivity index (χ1v) is 6.91. The van der Waals surface area contributed by atoms with Crippen LogP contribution in [0.3, 0.4) is 0 Å². The van der Waals surface area contributed by atoms with Crippen molar-refractivity contribution in [2.45, 2.75) is 19.5 Å². The zero-order chi connectivity index (χ0) is 16.1. The standard InChI is InChI=1S/C14H15ClN4O3/c1-9(14(21)22-2)16-13(20)12-8-19(18-17-12)7-10-5-3-4-6-11(10)15/h3-6,8-9H,7H2,1-2H3,(H,16,20)/t9-/m1/s1. The number of hydrogen-bond donors (Lipinski definition) is 1. The lowest BCUT2D eigenvalue weighted by Gasteiger charge is -2.09. The number of carbonyl (C=O) groups excluding carboxylic acids is 2. The smallest absolute Gasteiger partial charge is 0.328 e. The highest BCUT2D eigenvalue weighted by molar-refractivity contribution is 6.31. The van der Waals surface area contributed by atoms with Crippen molar-refractivity contribution < 1.29 is 14.3 Å². The third-order valence-corrected chi connectivity index (χ3v) is 3.33. The number of aromatic nitrogens is 3. The van der Waals surface area contributed by atoms with Crippen LogP contribution in [0, 0.1) is 0 Å². The summed E-state index contributed by atoms with van der Waals surface area (Å²) in [5, 5.41) is 10.8. The predicted octanol–water partition coefficient (Wildman–Crippen LogP) is 1.27. The lowest BCUT2D eigenvalue weighted by atomic mass is 10.2. The Labute approximate surface area is 132 Å². The first-order chi connectivity index (χ1) is 10.5. The number of carbonyl (C=O) groups is 2. The summed E-state index contributed by atoms with van der Waals surface area (Å²) in [4.78, 5) is 23.2. The summed E-state index contributed by atoms with van der Waals surface area (Å²) < 4.78 is 6.04. The molecule has 2 aromatic rings. The molecule has 0 saturated heterocycles. The Kier molecular flexibility index (Phi) is 5.11. The topological polar surface area (TPSA) is 86.1 Å². The van der Waals surface area contributed by atoms with Crippen LogP contribution in [0.2, 0.25) is 5.02 Å². The fraction of sp³-hybridized carbons (Fsp3) is 0.286. The van der Waals surface area contributed by atoms with Gasteiger partial charge < -0.3 is 10.1 Å². The van der Waals surface area contributed by atoms with Crippen molar-refractivity contribution in [3.8, 4) is 0 Å². The van der Waals surface area contributed by atoms with Crippen molar-refractivity contribution in [2.24, 2.45) is 0 Å². The number of ether oxygens (including phenoxy) is 1. The van der Waals surface area contributed by atoms with E-state index in [0.717, 1.165) is 5.56 Å². The first kappa shape index (κ1) is 16.0. The van der Waals surface area contributed by atoms with Gasteiger partial charge in [0, 0.05) is 5.02 Å². The van der Waals surface area contributed by atoms with Gasteiger partial charge in [-0.1, -0.05) is 35.0 Å². The highest BCUT2D eigenvalue weighted by atomic mass is 35.5. The third-order valence-electron chi connectivity index (χ3n) is 2.96. The minimum atomic E-state index is -0.758. The van der Waals surface area contributed by atoms with Crippen LogP contribution in [0.1, 0.15) is 23.0 Å². The van der Waals surface area contributed by atoms with E-state index in [0.29, 0.717) is 11.6 Å². The second-order valence-electron chi connectivity index (χ2n) is 4.61. The first-order valence-electron chi connectivity index (χ1n) is 6.53. The molecule has 22 heavy (non-hydrogen) atoms. The molecule has 1 aromatic carbocycles. The molecule has 116 valence electrons. The van der Waals surface area contributed by atoms with Crippen molar-refractivity contribution in [1.29, 1.82) is 0 Å². The van der Waals surface area contributed by atoms with Crippen LogP contribution in [0.4, 0.5) is 0 Å². The van der Waals surface area contributed by atoms with Crippen molar-refractivity contribution >= 4 is 23.5 Å². The van der Waals surface area contributed by atoms with Gasteiger partial charge in [0.1, 0.15) is 6.04 Å². The molecule has 0 radical (unpaired) electrons. The molecule has 1 heterocycles. The van der Waals surface area contributed by atoms with E-state index >= 15 is 0 Å². The molecule has 1 aromatic heterocycles. The van der Waals surface area contributed by atoms with Crippen LogP contribution in [-0.4, -0.2) is 40.0 Å². The van der Waals surface area contributed by atoms with E-state index in [1.807, 2.05) is 18.2 Å². The largest absolute Gasteiger partial charge is 0.467 e. The summed E-state index contributed by atoms with van der Waals surface area (Å²) >= 11 is 6.07. The molecule has 0 spiro atoms. The molecule has 0 bridgehead atoms. The van der Waals surface area contributed by atoms with E-state index in [1.165, 1.54) is 24.9 Å². The highest BCUT2D eigenvalue weighted by Crippen LogP contribution is 2.15. The molecule has 2 rings (SSSR count). The molecule has 1 amide bonds. The molecule has 0 fully saturated rings. The summed E-state index contributed by atoms with van der Waals surface area (Å²) in [6.07, 6.45) is 1.49. The van der Waals surface area contributed by atoms with Gasteiger partial charge in [0.15, 0.2) is 5.69 Å². The van der Waals surface area contributed by atoms with Gasteiger partial charge in [-0.15, -0.1) is 5.10 Å². The number of nitrogens with one attached hydrogen (secondary N) is 1. The van der Waals surface area contributed by atoms with Crippen molar-refractivity contribution in [1.82, 2.24) is 20.3 Å². The van der Waals surface area contributed by atoms with Crippen LogP contribution >= 0.6 is 11.6 Å². The zero-order valence-electron chi connectivity index (χ0n) is 12.1. The minimum Gasteiger partial charge on any atom is -0.467 e. The summed E-state index contributed by atoms with van der Waals surface area (Å²) in [5.74, 6) is -1.03. The van der Waals surface area contributed by atoms with Crippen molar-refractivity contribution in [3.63, 3.8) is 0 Å². The summed E-state index contributed by atoms with van der Waals surface area (Å²) in [5.41, 5.74) is 0.978. The number of halogens is 1. The Bertz CT molecular complexity index is 686. The third kappa shape index (κ3) is 3.82. The van der Waals surface area contributed by atoms with Crippen LogP contribution < -0.4 is 5.32 Å². The Balaban J connectivity index is 2.03. The molecule has 0 aliphatic carbocycles. The number of amides is 1. The van der Waals surface area contributed by atoms with Gasteiger partial charge in [-0.05, 0) is 18.6 Å². The lowest BCUT2D eigenvalue weighted by Crippen LogP contribution is -2.39. The Hall–Kier alpha value is -2.41. The Morgan fingerprint density at radius 3 is 2.82 bits per heavy atom. The average Bonchev–Trinajstić information content (AvgIpc) is 2.97. The maximum atomic E-state index is 11.9. The van der Waals surface area contributed by atoms with E-state index in [9.17, 15) is 9.59 Å². The van der Waals surface area contributed by atoms with Gasteiger partial charge >= 0.3 is 5.97 Å². The molecular weight excluding hydrogens is 308 g/mol.